The van der Waals surface area contributed by atoms with Crippen molar-refractivity contribution >= 4 is 11.8 Å². The van der Waals surface area contributed by atoms with Crippen molar-refractivity contribution in [3.05, 3.63) is 84.3 Å². The Morgan fingerprint density at radius 1 is 1.06 bits per heavy atom. The molecule has 1 aliphatic rings. The molecule has 1 saturated carbocycles. The lowest BCUT2D eigenvalue weighted by atomic mass is 9.95. The van der Waals surface area contributed by atoms with Crippen LogP contribution in [0.15, 0.2) is 71.6 Å². The van der Waals surface area contributed by atoms with Crippen LogP contribution in [0.5, 0.6) is 0 Å². The highest BCUT2D eigenvalue weighted by Crippen LogP contribution is 2.49. The minimum atomic E-state index is -0.801. The van der Waals surface area contributed by atoms with Gasteiger partial charge in [-0.1, -0.05) is 35.5 Å². The maximum atomic E-state index is 14.5. The second-order valence-electron chi connectivity index (χ2n) is 7.36. The van der Waals surface area contributed by atoms with Crippen molar-refractivity contribution in [1.82, 2.24) is 15.1 Å². The van der Waals surface area contributed by atoms with Gasteiger partial charge in [-0.2, -0.15) is 0 Å². The van der Waals surface area contributed by atoms with Gasteiger partial charge in [0, 0.05) is 17.8 Å². The van der Waals surface area contributed by atoms with Crippen LogP contribution in [0.1, 0.15) is 18.4 Å². The summed E-state index contributed by atoms with van der Waals surface area (Å²) in [6.07, 6.45) is 4.25. The predicted molar refractivity (Wildman–Crippen MR) is 109 cm³/mol. The molecule has 6 nitrogen and oxygen atoms in total. The van der Waals surface area contributed by atoms with Gasteiger partial charge in [0.25, 0.3) is 0 Å². The molecular weight excluding hydrogens is 402 g/mol. The molecule has 8 heteroatoms. The van der Waals surface area contributed by atoms with Crippen LogP contribution in [0.25, 0.3) is 22.5 Å². The van der Waals surface area contributed by atoms with E-state index in [1.54, 1.807) is 6.07 Å². The molecule has 2 heterocycles. The Bertz CT molecular complexity index is 1260. The van der Waals surface area contributed by atoms with E-state index in [0.29, 0.717) is 24.1 Å². The van der Waals surface area contributed by atoms with Crippen molar-refractivity contribution in [2.24, 2.45) is 0 Å². The average Bonchev–Trinajstić information content (AvgIpc) is 3.51. The van der Waals surface area contributed by atoms with Gasteiger partial charge in [-0.3, -0.25) is 10.1 Å². The Morgan fingerprint density at radius 2 is 1.87 bits per heavy atom. The number of hydrogen-bond acceptors (Lipinski definition) is 5. The molecule has 0 bridgehead atoms. The number of hydrogen-bond donors (Lipinski definition) is 1. The lowest BCUT2D eigenvalue weighted by molar-refractivity contribution is -0.118. The first-order chi connectivity index (χ1) is 15.1. The third-order valence-corrected chi connectivity index (χ3v) is 5.45. The number of carbonyl (C=O) groups is 1. The molecule has 1 amide bonds. The maximum absolute atomic E-state index is 14.5. The molecule has 5 rings (SSSR count). The van der Waals surface area contributed by atoms with Crippen LogP contribution in [0.3, 0.4) is 0 Å². The summed E-state index contributed by atoms with van der Waals surface area (Å²) in [6, 6.07) is 14.3. The molecule has 1 fully saturated rings. The number of nitrogens with zero attached hydrogens (tertiary/aromatic N) is 3. The molecule has 0 atom stereocenters. The van der Waals surface area contributed by atoms with E-state index in [0.717, 1.165) is 17.7 Å². The van der Waals surface area contributed by atoms with Crippen LogP contribution in [0.2, 0.25) is 0 Å². The van der Waals surface area contributed by atoms with E-state index in [1.807, 2.05) is 30.3 Å². The van der Waals surface area contributed by atoms with Crippen molar-refractivity contribution < 1.29 is 18.1 Å². The largest absolute Gasteiger partial charge is 0.337 e. The van der Waals surface area contributed by atoms with Crippen LogP contribution in [-0.2, 0) is 10.2 Å². The van der Waals surface area contributed by atoms with Gasteiger partial charge in [0.1, 0.15) is 23.7 Å². The van der Waals surface area contributed by atoms with Crippen LogP contribution >= 0.6 is 0 Å². The molecule has 2 aromatic carbocycles. The Hall–Kier alpha value is -3.94. The molecule has 1 aliphatic carbocycles. The van der Waals surface area contributed by atoms with Crippen LogP contribution in [0, 0.1) is 11.6 Å². The molecule has 0 unspecified atom stereocenters. The molecule has 154 valence electrons. The molecule has 0 saturated heterocycles. The smallest absolute Gasteiger partial charge is 0.241 e. The fraction of sp³-hybridized carbons (Fsp3) is 0.130. The normalized spacial score (nSPS) is 14.3. The summed E-state index contributed by atoms with van der Waals surface area (Å²) in [5.41, 5.74) is 1.10. The predicted octanol–water partition coefficient (Wildman–Crippen LogP) is 4.75. The molecule has 4 aromatic rings. The Morgan fingerprint density at radius 3 is 2.55 bits per heavy atom. The summed E-state index contributed by atoms with van der Waals surface area (Å²) in [6.45, 7) is 0. The van der Waals surface area contributed by atoms with Crippen LogP contribution < -0.4 is 5.32 Å². The summed E-state index contributed by atoms with van der Waals surface area (Å²) < 4.78 is 33.3. The monoisotopic (exact) mass is 418 g/mol. The lowest BCUT2D eigenvalue weighted by Gasteiger charge is -2.15. The van der Waals surface area contributed by atoms with Gasteiger partial charge in [0.05, 0.1) is 16.7 Å². The molecule has 0 aliphatic heterocycles. The van der Waals surface area contributed by atoms with Gasteiger partial charge in [-0.15, -0.1) is 0 Å². The first-order valence-corrected chi connectivity index (χ1v) is 9.67. The third kappa shape index (κ3) is 3.35. The molecule has 2 aromatic heterocycles. The van der Waals surface area contributed by atoms with E-state index in [9.17, 15) is 13.6 Å². The van der Waals surface area contributed by atoms with Gasteiger partial charge in [-0.05, 0) is 36.6 Å². The minimum absolute atomic E-state index is 0.0310. The Balaban J connectivity index is 1.57. The standard InChI is InChI=1S/C23H16F2N4O2/c24-15-6-7-16(17(25)12-15)20-19(18-8-11-26-13-27-18)21(31-29-20)28-22(30)23(9-10-23)14-4-2-1-3-5-14/h1-8,11-13H,9-10H2,(H,28,30). The number of carbonyl (C=O) groups excluding carboxylic acids is 1. The maximum Gasteiger partial charge on any atom is 0.241 e. The summed E-state index contributed by atoms with van der Waals surface area (Å²) in [5, 5.41) is 6.78. The van der Waals surface area contributed by atoms with Gasteiger partial charge in [0.2, 0.25) is 11.8 Å². The highest BCUT2D eigenvalue weighted by atomic mass is 19.1. The quantitative estimate of drug-likeness (QED) is 0.506. The number of halogens is 2. The van der Waals surface area contributed by atoms with Crippen molar-refractivity contribution in [2.75, 3.05) is 5.32 Å². The van der Waals surface area contributed by atoms with E-state index in [4.69, 9.17) is 4.52 Å². The van der Waals surface area contributed by atoms with Gasteiger partial charge >= 0.3 is 0 Å². The molecule has 31 heavy (non-hydrogen) atoms. The molecule has 0 radical (unpaired) electrons. The third-order valence-electron chi connectivity index (χ3n) is 5.45. The SMILES string of the molecule is O=C(Nc1onc(-c2ccc(F)cc2F)c1-c1ccncn1)C1(c2ccccc2)CC1. The van der Waals surface area contributed by atoms with E-state index >= 15 is 0 Å². The summed E-state index contributed by atoms with van der Waals surface area (Å²) in [7, 11) is 0. The van der Waals surface area contributed by atoms with Crippen molar-refractivity contribution in [2.45, 2.75) is 18.3 Å². The highest BCUT2D eigenvalue weighted by molar-refractivity contribution is 6.03. The first kappa shape index (κ1) is 19.0. The zero-order valence-electron chi connectivity index (χ0n) is 16.2. The summed E-state index contributed by atoms with van der Waals surface area (Å²) >= 11 is 0. The van der Waals surface area contributed by atoms with Gasteiger partial charge < -0.3 is 4.52 Å². The second kappa shape index (κ2) is 7.39. The molecule has 0 spiro atoms. The van der Waals surface area contributed by atoms with E-state index in [1.165, 1.54) is 18.6 Å². The molecule has 1 N–H and O–H groups in total. The van der Waals surface area contributed by atoms with Crippen LogP contribution in [0.4, 0.5) is 14.7 Å². The lowest BCUT2D eigenvalue weighted by Crippen LogP contribution is -2.27. The minimum Gasteiger partial charge on any atom is -0.337 e. The number of amides is 1. The van der Waals surface area contributed by atoms with E-state index < -0.39 is 17.0 Å². The van der Waals surface area contributed by atoms with Gasteiger partial charge in [-0.25, -0.2) is 18.7 Å². The Kier molecular flexibility index (Phi) is 4.54. The topological polar surface area (TPSA) is 80.9 Å². The fourth-order valence-corrected chi connectivity index (χ4v) is 3.67. The Labute approximate surface area is 176 Å². The zero-order chi connectivity index (χ0) is 21.4. The summed E-state index contributed by atoms with van der Waals surface area (Å²) in [5.74, 6) is -1.70. The highest BCUT2D eigenvalue weighted by Gasteiger charge is 2.51. The number of nitrogens with one attached hydrogen (secondary N) is 1. The number of aromatic nitrogens is 3. The number of rotatable bonds is 5. The van der Waals surface area contributed by atoms with Gasteiger partial charge in [0.15, 0.2) is 0 Å². The number of benzene rings is 2. The second-order valence-corrected chi connectivity index (χ2v) is 7.36. The summed E-state index contributed by atoms with van der Waals surface area (Å²) in [4.78, 5) is 21.3. The molecular formula is C23H16F2N4O2. The van der Waals surface area contributed by atoms with Crippen molar-refractivity contribution in [3.8, 4) is 22.5 Å². The van der Waals surface area contributed by atoms with Crippen molar-refractivity contribution in [3.63, 3.8) is 0 Å². The fourth-order valence-electron chi connectivity index (χ4n) is 3.67. The zero-order valence-corrected chi connectivity index (χ0v) is 16.2. The average molecular weight is 418 g/mol. The van der Waals surface area contributed by atoms with Crippen LogP contribution in [-0.4, -0.2) is 21.0 Å². The van der Waals surface area contributed by atoms with E-state index in [2.05, 4.69) is 20.4 Å². The first-order valence-electron chi connectivity index (χ1n) is 9.67. The van der Waals surface area contributed by atoms with Crippen molar-refractivity contribution in [1.29, 1.82) is 0 Å². The number of anilines is 1. The van der Waals surface area contributed by atoms with E-state index in [-0.39, 0.29) is 23.0 Å².